The summed E-state index contributed by atoms with van der Waals surface area (Å²) in [6, 6.07) is 5.69. The van der Waals surface area contributed by atoms with Crippen LogP contribution >= 0.6 is 0 Å². The van der Waals surface area contributed by atoms with E-state index in [4.69, 9.17) is 0 Å². The van der Waals surface area contributed by atoms with E-state index >= 15 is 0 Å². The quantitative estimate of drug-likeness (QED) is 0.887. The van der Waals surface area contributed by atoms with Crippen LogP contribution in [0.3, 0.4) is 0 Å². The summed E-state index contributed by atoms with van der Waals surface area (Å²) in [7, 11) is 0. The Hall–Kier alpha value is -1.84. The third kappa shape index (κ3) is 2.84. The second-order valence-corrected chi connectivity index (χ2v) is 5.64. The molecule has 0 saturated heterocycles. The molecular formula is C16H21NO3. The molecule has 0 aliphatic heterocycles. The summed E-state index contributed by atoms with van der Waals surface area (Å²) < 4.78 is 0. The van der Waals surface area contributed by atoms with Gasteiger partial charge in [0.05, 0.1) is 0 Å². The van der Waals surface area contributed by atoms with E-state index in [1.165, 1.54) is 24.5 Å². The lowest BCUT2D eigenvalue weighted by atomic mass is 9.90. The number of aryl methyl sites for hydroxylation is 2. The molecule has 1 aromatic carbocycles. The molecule has 0 bridgehead atoms. The number of amides is 1. The van der Waals surface area contributed by atoms with Gasteiger partial charge >= 0.3 is 5.97 Å². The zero-order valence-electron chi connectivity index (χ0n) is 12.0. The summed E-state index contributed by atoms with van der Waals surface area (Å²) in [6.45, 7) is 3.28. The number of hydrogen-bond acceptors (Lipinski definition) is 2. The lowest BCUT2D eigenvalue weighted by Crippen LogP contribution is -2.51. The van der Waals surface area contributed by atoms with Gasteiger partial charge in [-0.25, -0.2) is 4.79 Å². The van der Waals surface area contributed by atoms with Crippen LogP contribution in [0.5, 0.6) is 0 Å². The Bertz CT molecular complexity index is 539. The van der Waals surface area contributed by atoms with Crippen molar-refractivity contribution in [1.82, 2.24) is 5.32 Å². The highest BCUT2D eigenvalue weighted by Gasteiger charge is 2.33. The van der Waals surface area contributed by atoms with Crippen molar-refractivity contribution >= 4 is 11.9 Å². The average molecular weight is 275 g/mol. The molecule has 1 unspecified atom stereocenters. The van der Waals surface area contributed by atoms with Gasteiger partial charge < -0.3 is 10.4 Å². The van der Waals surface area contributed by atoms with Gasteiger partial charge in [-0.15, -0.1) is 0 Å². The van der Waals surface area contributed by atoms with Gasteiger partial charge in [0, 0.05) is 5.56 Å². The SMILES string of the molecule is CCC(C)(NC(=O)c1ccc2c(c1)CCCC2)C(=O)O. The average Bonchev–Trinajstić information content (AvgIpc) is 2.46. The summed E-state index contributed by atoms with van der Waals surface area (Å²) in [5, 5.41) is 11.8. The van der Waals surface area contributed by atoms with Gasteiger partial charge in [-0.3, -0.25) is 4.79 Å². The largest absolute Gasteiger partial charge is 0.480 e. The van der Waals surface area contributed by atoms with Gasteiger partial charge in [0.25, 0.3) is 5.91 Å². The highest BCUT2D eigenvalue weighted by atomic mass is 16.4. The molecular weight excluding hydrogens is 254 g/mol. The van der Waals surface area contributed by atoms with E-state index in [1.54, 1.807) is 13.0 Å². The Morgan fingerprint density at radius 2 is 1.90 bits per heavy atom. The molecule has 0 saturated carbocycles. The van der Waals surface area contributed by atoms with Crippen LogP contribution in [0.4, 0.5) is 0 Å². The van der Waals surface area contributed by atoms with Crippen molar-refractivity contribution in [2.24, 2.45) is 0 Å². The van der Waals surface area contributed by atoms with Crippen molar-refractivity contribution < 1.29 is 14.7 Å². The molecule has 1 aliphatic carbocycles. The van der Waals surface area contributed by atoms with Gasteiger partial charge in [0.1, 0.15) is 5.54 Å². The lowest BCUT2D eigenvalue weighted by Gasteiger charge is -2.25. The summed E-state index contributed by atoms with van der Waals surface area (Å²) in [5.74, 6) is -1.32. The van der Waals surface area contributed by atoms with Crippen molar-refractivity contribution in [2.45, 2.75) is 51.5 Å². The second-order valence-electron chi connectivity index (χ2n) is 5.64. The van der Waals surface area contributed by atoms with E-state index in [-0.39, 0.29) is 5.91 Å². The van der Waals surface area contributed by atoms with Crippen molar-refractivity contribution in [2.75, 3.05) is 0 Å². The Balaban J connectivity index is 2.19. The number of carboxylic acid groups (broad SMARTS) is 1. The van der Waals surface area contributed by atoms with E-state index in [0.29, 0.717) is 12.0 Å². The van der Waals surface area contributed by atoms with E-state index in [9.17, 15) is 14.7 Å². The number of carboxylic acids is 1. The van der Waals surface area contributed by atoms with Gasteiger partial charge in [-0.1, -0.05) is 13.0 Å². The Morgan fingerprint density at radius 1 is 1.25 bits per heavy atom. The molecule has 0 radical (unpaired) electrons. The first kappa shape index (κ1) is 14.6. The smallest absolute Gasteiger partial charge is 0.329 e. The second kappa shape index (κ2) is 5.65. The molecule has 1 amide bonds. The molecule has 1 aromatic rings. The zero-order valence-corrected chi connectivity index (χ0v) is 12.0. The summed E-state index contributed by atoms with van der Waals surface area (Å²) in [5.41, 5.74) is 1.86. The topological polar surface area (TPSA) is 66.4 Å². The highest BCUT2D eigenvalue weighted by molar-refractivity contribution is 5.98. The Labute approximate surface area is 119 Å². The first-order valence-corrected chi connectivity index (χ1v) is 7.14. The van der Waals surface area contributed by atoms with E-state index < -0.39 is 11.5 Å². The van der Waals surface area contributed by atoms with Crippen LogP contribution in [0.1, 0.15) is 54.6 Å². The highest BCUT2D eigenvalue weighted by Crippen LogP contribution is 2.22. The molecule has 2 N–H and O–H groups in total. The minimum absolute atomic E-state index is 0.315. The lowest BCUT2D eigenvalue weighted by molar-refractivity contribution is -0.143. The molecule has 20 heavy (non-hydrogen) atoms. The van der Waals surface area contributed by atoms with Crippen LogP contribution in [0.25, 0.3) is 0 Å². The van der Waals surface area contributed by atoms with Crippen LogP contribution in [-0.4, -0.2) is 22.5 Å². The summed E-state index contributed by atoms with van der Waals surface area (Å²) in [4.78, 5) is 23.5. The minimum atomic E-state index is -1.22. The first-order chi connectivity index (χ1) is 9.46. The zero-order chi connectivity index (χ0) is 14.8. The molecule has 0 fully saturated rings. The normalized spacial score (nSPS) is 16.9. The number of rotatable bonds is 4. The van der Waals surface area contributed by atoms with Gasteiger partial charge in [0.15, 0.2) is 0 Å². The van der Waals surface area contributed by atoms with E-state index in [0.717, 1.165) is 19.3 Å². The van der Waals surface area contributed by atoms with Gasteiger partial charge in [-0.2, -0.15) is 0 Å². The molecule has 0 heterocycles. The Morgan fingerprint density at radius 3 is 2.50 bits per heavy atom. The van der Waals surface area contributed by atoms with Crippen LogP contribution in [-0.2, 0) is 17.6 Å². The molecule has 0 spiro atoms. The maximum atomic E-state index is 12.2. The van der Waals surface area contributed by atoms with Crippen LogP contribution in [0, 0.1) is 0 Å². The van der Waals surface area contributed by atoms with E-state index in [1.807, 2.05) is 12.1 Å². The fourth-order valence-electron chi connectivity index (χ4n) is 2.49. The maximum Gasteiger partial charge on any atom is 0.329 e. The third-order valence-corrected chi connectivity index (χ3v) is 4.18. The number of carbonyl (C=O) groups is 2. The van der Waals surface area contributed by atoms with Gasteiger partial charge in [-0.05, 0) is 62.3 Å². The molecule has 1 atom stereocenters. The molecule has 108 valence electrons. The van der Waals surface area contributed by atoms with Crippen molar-refractivity contribution in [3.05, 3.63) is 34.9 Å². The van der Waals surface area contributed by atoms with Crippen LogP contribution in [0.15, 0.2) is 18.2 Å². The van der Waals surface area contributed by atoms with Crippen molar-refractivity contribution in [3.63, 3.8) is 0 Å². The predicted octanol–water partition coefficient (Wildman–Crippen LogP) is 2.55. The molecule has 0 aromatic heterocycles. The molecule has 4 nitrogen and oxygen atoms in total. The molecule has 2 rings (SSSR count). The number of nitrogens with one attached hydrogen (secondary N) is 1. The molecule has 1 aliphatic rings. The van der Waals surface area contributed by atoms with Crippen molar-refractivity contribution in [1.29, 1.82) is 0 Å². The van der Waals surface area contributed by atoms with Crippen LogP contribution < -0.4 is 5.32 Å². The van der Waals surface area contributed by atoms with E-state index in [2.05, 4.69) is 5.32 Å². The monoisotopic (exact) mass is 275 g/mol. The fraction of sp³-hybridized carbons (Fsp3) is 0.500. The number of fused-ring (bicyclic) bond motifs is 1. The molecule has 4 heteroatoms. The number of hydrogen-bond donors (Lipinski definition) is 2. The summed E-state index contributed by atoms with van der Waals surface area (Å²) >= 11 is 0. The fourth-order valence-corrected chi connectivity index (χ4v) is 2.49. The van der Waals surface area contributed by atoms with Gasteiger partial charge in [0.2, 0.25) is 0 Å². The number of benzene rings is 1. The standard InChI is InChI=1S/C16H21NO3/c1-3-16(2,15(19)20)17-14(18)13-9-8-11-6-4-5-7-12(11)10-13/h8-10H,3-7H2,1-2H3,(H,17,18)(H,19,20). The number of carbonyl (C=O) groups excluding carboxylic acids is 1. The summed E-state index contributed by atoms with van der Waals surface area (Å²) in [6.07, 6.45) is 4.77. The Kier molecular flexibility index (Phi) is 4.12. The third-order valence-electron chi connectivity index (χ3n) is 4.18. The first-order valence-electron chi connectivity index (χ1n) is 7.14. The predicted molar refractivity (Wildman–Crippen MR) is 76.9 cm³/mol. The van der Waals surface area contributed by atoms with Crippen molar-refractivity contribution in [3.8, 4) is 0 Å². The maximum absolute atomic E-state index is 12.2. The number of aliphatic carboxylic acids is 1. The van der Waals surface area contributed by atoms with Crippen LogP contribution in [0.2, 0.25) is 0 Å². The minimum Gasteiger partial charge on any atom is -0.480 e.